The second kappa shape index (κ2) is 9.91. The molecule has 1 atom stereocenters. The van der Waals surface area contributed by atoms with E-state index in [4.69, 9.17) is 4.74 Å². The number of aliphatic imine (C=N–C) groups is 1. The Morgan fingerprint density at radius 2 is 2.35 bits per heavy atom. The van der Waals surface area contributed by atoms with Crippen molar-refractivity contribution in [2.45, 2.75) is 12.5 Å². The molecule has 1 unspecified atom stereocenters. The van der Waals surface area contributed by atoms with Gasteiger partial charge in [0.15, 0.2) is 17.6 Å². The summed E-state index contributed by atoms with van der Waals surface area (Å²) in [5, 5.41) is 6.45. The molecule has 8 nitrogen and oxygen atoms in total. The van der Waals surface area contributed by atoms with Crippen molar-refractivity contribution in [3.05, 3.63) is 24.1 Å². The van der Waals surface area contributed by atoms with E-state index < -0.39 is 0 Å². The summed E-state index contributed by atoms with van der Waals surface area (Å²) >= 11 is 0. The van der Waals surface area contributed by atoms with Crippen LogP contribution in [-0.2, 0) is 9.53 Å². The predicted octanol–water partition coefficient (Wildman–Crippen LogP) is 0.0692. The number of carbonyl (C=O) groups is 1. The minimum Gasteiger partial charge on any atom is -0.383 e. The van der Waals surface area contributed by atoms with Crippen LogP contribution in [0.4, 0.5) is 10.2 Å². The number of nitrogens with zero attached hydrogens (tertiary/aromatic N) is 4. The van der Waals surface area contributed by atoms with Crippen molar-refractivity contribution in [1.29, 1.82) is 0 Å². The molecular formula is C17H27FN6O2. The van der Waals surface area contributed by atoms with E-state index >= 15 is 0 Å². The standard InChI is InChI=1S/C17H27FN6O2/c1-23(2)15(25)11-21-17(20-8-10-26-3)22-13-6-9-24(12-13)16-14(18)5-4-7-19-16/h4-5,7,13H,6,8-12H2,1-3H3,(H2,20,21,22). The molecule has 0 radical (unpaired) electrons. The number of hydrogen-bond acceptors (Lipinski definition) is 5. The average molecular weight is 366 g/mol. The quantitative estimate of drug-likeness (QED) is 0.404. The Labute approximate surface area is 153 Å². The van der Waals surface area contributed by atoms with Crippen LogP contribution in [0, 0.1) is 5.82 Å². The summed E-state index contributed by atoms with van der Waals surface area (Å²) in [6.45, 7) is 2.47. The zero-order chi connectivity index (χ0) is 18.9. The van der Waals surface area contributed by atoms with Crippen LogP contribution >= 0.6 is 0 Å². The molecule has 1 amide bonds. The first-order valence-electron chi connectivity index (χ1n) is 8.60. The lowest BCUT2D eigenvalue weighted by molar-refractivity contribution is -0.127. The Hall–Kier alpha value is -2.42. The third kappa shape index (κ3) is 5.83. The first-order chi connectivity index (χ1) is 12.5. The number of carbonyl (C=O) groups excluding carboxylic acids is 1. The van der Waals surface area contributed by atoms with Crippen molar-refractivity contribution in [3.8, 4) is 0 Å². The first-order valence-corrected chi connectivity index (χ1v) is 8.60. The summed E-state index contributed by atoms with van der Waals surface area (Å²) < 4.78 is 18.9. The lowest BCUT2D eigenvalue weighted by Crippen LogP contribution is -2.46. The van der Waals surface area contributed by atoms with Gasteiger partial charge in [-0.3, -0.25) is 4.79 Å². The number of nitrogens with one attached hydrogen (secondary N) is 2. The highest BCUT2D eigenvalue weighted by Crippen LogP contribution is 2.20. The van der Waals surface area contributed by atoms with Gasteiger partial charge in [0.1, 0.15) is 6.54 Å². The van der Waals surface area contributed by atoms with Gasteiger partial charge in [0, 0.05) is 53.1 Å². The lowest BCUT2D eigenvalue weighted by atomic mass is 10.3. The lowest BCUT2D eigenvalue weighted by Gasteiger charge is -2.20. The van der Waals surface area contributed by atoms with Gasteiger partial charge < -0.3 is 25.2 Å². The molecule has 0 saturated carbocycles. The summed E-state index contributed by atoms with van der Waals surface area (Å²) in [7, 11) is 5.01. The predicted molar refractivity (Wildman–Crippen MR) is 98.8 cm³/mol. The van der Waals surface area contributed by atoms with Crippen molar-refractivity contribution in [1.82, 2.24) is 20.5 Å². The summed E-state index contributed by atoms with van der Waals surface area (Å²) in [5.41, 5.74) is 0. The summed E-state index contributed by atoms with van der Waals surface area (Å²) in [5.74, 6) is 0.509. The van der Waals surface area contributed by atoms with Crippen LogP contribution in [0.3, 0.4) is 0 Å². The molecule has 0 bridgehead atoms. The number of amides is 1. The molecule has 2 heterocycles. The molecule has 0 aliphatic carbocycles. The summed E-state index contributed by atoms with van der Waals surface area (Å²) in [6, 6.07) is 3.08. The fourth-order valence-corrected chi connectivity index (χ4v) is 2.59. The van der Waals surface area contributed by atoms with Gasteiger partial charge in [0.05, 0.1) is 6.61 Å². The maximum absolute atomic E-state index is 13.9. The SMILES string of the molecule is COCCNC(=NCC(=O)N(C)C)NC1CCN(c2ncccc2F)C1. The molecule has 1 aromatic heterocycles. The number of aromatic nitrogens is 1. The number of anilines is 1. The fourth-order valence-electron chi connectivity index (χ4n) is 2.59. The number of halogens is 1. The first kappa shape index (κ1) is 19.9. The molecule has 0 aromatic carbocycles. The van der Waals surface area contributed by atoms with E-state index in [9.17, 15) is 9.18 Å². The summed E-state index contributed by atoms with van der Waals surface area (Å²) in [6.07, 6.45) is 2.41. The molecule has 2 N–H and O–H groups in total. The Morgan fingerprint density at radius 3 is 3.04 bits per heavy atom. The number of likely N-dealkylation sites (N-methyl/N-ethyl adjacent to an activating group) is 1. The van der Waals surface area contributed by atoms with Crippen LogP contribution in [0.15, 0.2) is 23.3 Å². The number of rotatable bonds is 7. The van der Waals surface area contributed by atoms with Crippen molar-refractivity contribution in [3.63, 3.8) is 0 Å². The molecule has 144 valence electrons. The smallest absolute Gasteiger partial charge is 0.243 e. The van der Waals surface area contributed by atoms with Gasteiger partial charge in [-0.2, -0.15) is 0 Å². The Balaban J connectivity index is 1.95. The Bertz CT molecular complexity index is 625. The van der Waals surface area contributed by atoms with E-state index in [1.54, 1.807) is 33.5 Å². The number of hydrogen-bond donors (Lipinski definition) is 2. The van der Waals surface area contributed by atoms with Gasteiger partial charge in [0.25, 0.3) is 0 Å². The molecule has 1 aliphatic heterocycles. The third-order valence-corrected chi connectivity index (χ3v) is 4.04. The van der Waals surface area contributed by atoms with Crippen LogP contribution < -0.4 is 15.5 Å². The largest absolute Gasteiger partial charge is 0.383 e. The molecule has 26 heavy (non-hydrogen) atoms. The molecule has 1 saturated heterocycles. The second-order valence-electron chi connectivity index (χ2n) is 6.26. The highest BCUT2D eigenvalue weighted by atomic mass is 19.1. The van der Waals surface area contributed by atoms with Gasteiger partial charge in [-0.1, -0.05) is 0 Å². The number of pyridine rings is 1. The highest BCUT2D eigenvalue weighted by molar-refractivity contribution is 5.85. The van der Waals surface area contributed by atoms with Crippen LogP contribution in [0.2, 0.25) is 0 Å². The van der Waals surface area contributed by atoms with Gasteiger partial charge in [0.2, 0.25) is 5.91 Å². The molecular weight excluding hydrogens is 339 g/mol. The summed E-state index contributed by atoms with van der Waals surface area (Å²) in [4.78, 5) is 23.6. The van der Waals surface area contributed by atoms with Crippen LogP contribution in [0.5, 0.6) is 0 Å². The van der Waals surface area contributed by atoms with E-state index in [2.05, 4.69) is 20.6 Å². The molecule has 2 rings (SSSR count). The van der Waals surface area contributed by atoms with E-state index in [0.29, 0.717) is 38.0 Å². The van der Waals surface area contributed by atoms with E-state index in [0.717, 1.165) is 6.42 Å². The van der Waals surface area contributed by atoms with Crippen LogP contribution in [0.25, 0.3) is 0 Å². The molecule has 1 aromatic rings. The number of guanidine groups is 1. The van der Waals surface area contributed by atoms with Crippen molar-refractivity contribution >= 4 is 17.7 Å². The van der Waals surface area contributed by atoms with E-state index in [-0.39, 0.29) is 24.3 Å². The van der Waals surface area contributed by atoms with E-state index in [1.165, 1.54) is 11.0 Å². The number of ether oxygens (including phenoxy) is 1. The maximum atomic E-state index is 13.9. The Kier molecular flexibility index (Phi) is 7.58. The zero-order valence-corrected chi connectivity index (χ0v) is 15.5. The normalized spacial score (nSPS) is 17.3. The second-order valence-corrected chi connectivity index (χ2v) is 6.26. The monoisotopic (exact) mass is 366 g/mol. The Morgan fingerprint density at radius 1 is 1.54 bits per heavy atom. The maximum Gasteiger partial charge on any atom is 0.243 e. The highest BCUT2D eigenvalue weighted by Gasteiger charge is 2.26. The van der Waals surface area contributed by atoms with Gasteiger partial charge in [-0.05, 0) is 18.6 Å². The fraction of sp³-hybridized carbons (Fsp3) is 0.588. The third-order valence-electron chi connectivity index (χ3n) is 4.04. The average Bonchev–Trinajstić information content (AvgIpc) is 3.08. The van der Waals surface area contributed by atoms with Gasteiger partial charge >= 0.3 is 0 Å². The van der Waals surface area contributed by atoms with Gasteiger partial charge in [-0.15, -0.1) is 0 Å². The minimum atomic E-state index is -0.322. The zero-order valence-electron chi connectivity index (χ0n) is 15.5. The molecule has 9 heteroatoms. The van der Waals surface area contributed by atoms with Crippen molar-refractivity contribution < 1.29 is 13.9 Å². The number of methoxy groups -OCH3 is 1. The van der Waals surface area contributed by atoms with Crippen LogP contribution in [-0.4, -0.2) is 81.8 Å². The van der Waals surface area contributed by atoms with Gasteiger partial charge in [-0.25, -0.2) is 14.4 Å². The molecule has 0 spiro atoms. The van der Waals surface area contributed by atoms with Crippen molar-refractivity contribution in [2.75, 3.05) is 58.9 Å². The molecule has 1 fully saturated rings. The topological polar surface area (TPSA) is 82.1 Å². The van der Waals surface area contributed by atoms with Crippen LogP contribution in [0.1, 0.15) is 6.42 Å². The van der Waals surface area contributed by atoms with E-state index in [1.807, 2.05) is 4.90 Å². The minimum absolute atomic E-state index is 0.0562. The molecule has 1 aliphatic rings. The van der Waals surface area contributed by atoms with Crippen molar-refractivity contribution in [2.24, 2.45) is 4.99 Å².